The zero-order valence-electron chi connectivity index (χ0n) is 11.3. The molecule has 0 aliphatic heterocycles. The predicted octanol–water partition coefficient (Wildman–Crippen LogP) is 2.86. The molecule has 1 saturated carbocycles. The van der Waals surface area contributed by atoms with Crippen LogP contribution in [0.1, 0.15) is 46.5 Å². The van der Waals surface area contributed by atoms with E-state index in [1.807, 2.05) is 11.9 Å². The SMILES string of the molecule is CNC(=O)N(C)[C@H]1CC[C@H](C(C)(C)C)CC1. The monoisotopic (exact) mass is 226 g/mol. The molecule has 2 amide bonds. The van der Waals surface area contributed by atoms with Gasteiger partial charge >= 0.3 is 6.03 Å². The van der Waals surface area contributed by atoms with E-state index in [0.29, 0.717) is 11.5 Å². The molecule has 0 heterocycles. The number of hydrogen-bond acceptors (Lipinski definition) is 1. The predicted molar refractivity (Wildman–Crippen MR) is 67.4 cm³/mol. The first-order valence-electron chi connectivity index (χ1n) is 6.30. The molecule has 1 N–H and O–H groups in total. The quantitative estimate of drug-likeness (QED) is 0.732. The number of carbonyl (C=O) groups is 1. The third-order valence-electron chi connectivity index (χ3n) is 4.00. The average Bonchev–Trinajstić information content (AvgIpc) is 2.26. The number of amides is 2. The normalized spacial score (nSPS) is 26.3. The average molecular weight is 226 g/mol. The van der Waals surface area contributed by atoms with E-state index in [0.717, 1.165) is 18.8 Å². The topological polar surface area (TPSA) is 32.3 Å². The van der Waals surface area contributed by atoms with Crippen molar-refractivity contribution in [2.24, 2.45) is 11.3 Å². The maximum absolute atomic E-state index is 11.5. The first-order valence-corrected chi connectivity index (χ1v) is 6.30. The molecule has 0 spiro atoms. The third-order valence-corrected chi connectivity index (χ3v) is 4.00. The number of nitrogens with one attached hydrogen (secondary N) is 1. The van der Waals surface area contributed by atoms with Gasteiger partial charge in [-0.05, 0) is 37.0 Å². The van der Waals surface area contributed by atoms with Gasteiger partial charge in [-0.15, -0.1) is 0 Å². The minimum atomic E-state index is 0.0409. The summed E-state index contributed by atoms with van der Waals surface area (Å²) < 4.78 is 0. The molecule has 0 aromatic heterocycles. The Hall–Kier alpha value is -0.730. The second-order valence-electron chi connectivity index (χ2n) is 6.04. The van der Waals surface area contributed by atoms with E-state index < -0.39 is 0 Å². The molecule has 1 fully saturated rings. The Morgan fingerprint density at radius 1 is 1.19 bits per heavy atom. The highest BCUT2D eigenvalue weighted by Gasteiger charge is 2.31. The minimum absolute atomic E-state index is 0.0409. The fourth-order valence-corrected chi connectivity index (χ4v) is 2.67. The van der Waals surface area contributed by atoms with Gasteiger partial charge in [0.2, 0.25) is 0 Å². The zero-order valence-corrected chi connectivity index (χ0v) is 11.3. The van der Waals surface area contributed by atoms with Gasteiger partial charge in [0.25, 0.3) is 0 Å². The molecule has 1 rings (SSSR count). The second kappa shape index (κ2) is 5.07. The van der Waals surface area contributed by atoms with Crippen LogP contribution in [0.4, 0.5) is 4.79 Å². The van der Waals surface area contributed by atoms with E-state index in [1.165, 1.54) is 12.8 Å². The number of urea groups is 1. The number of hydrogen-bond donors (Lipinski definition) is 1. The Balaban J connectivity index is 2.46. The highest BCUT2D eigenvalue weighted by atomic mass is 16.2. The highest BCUT2D eigenvalue weighted by Crippen LogP contribution is 2.38. The molecule has 1 aliphatic carbocycles. The number of rotatable bonds is 1. The Bertz CT molecular complexity index is 237. The molecule has 0 saturated heterocycles. The summed E-state index contributed by atoms with van der Waals surface area (Å²) in [5.41, 5.74) is 0.413. The van der Waals surface area contributed by atoms with Crippen LogP contribution in [0.5, 0.6) is 0 Å². The van der Waals surface area contributed by atoms with Crippen LogP contribution in [-0.4, -0.2) is 31.1 Å². The van der Waals surface area contributed by atoms with Crippen molar-refractivity contribution in [3.05, 3.63) is 0 Å². The number of carbonyl (C=O) groups excluding carboxylic acids is 1. The minimum Gasteiger partial charge on any atom is -0.341 e. The lowest BCUT2D eigenvalue weighted by Crippen LogP contribution is -2.44. The largest absolute Gasteiger partial charge is 0.341 e. The molecular weight excluding hydrogens is 200 g/mol. The van der Waals surface area contributed by atoms with Gasteiger partial charge < -0.3 is 10.2 Å². The van der Waals surface area contributed by atoms with Crippen molar-refractivity contribution in [1.82, 2.24) is 10.2 Å². The molecule has 16 heavy (non-hydrogen) atoms. The van der Waals surface area contributed by atoms with E-state index >= 15 is 0 Å². The van der Waals surface area contributed by atoms with E-state index in [2.05, 4.69) is 26.1 Å². The van der Waals surface area contributed by atoms with E-state index in [4.69, 9.17) is 0 Å². The highest BCUT2D eigenvalue weighted by molar-refractivity contribution is 5.73. The Kier molecular flexibility index (Phi) is 4.22. The van der Waals surface area contributed by atoms with Crippen LogP contribution in [0, 0.1) is 11.3 Å². The van der Waals surface area contributed by atoms with E-state index in [-0.39, 0.29) is 6.03 Å². The van der Waals surface area contributed by atoms with Crippen molar-refractivity contribution in [2.45, 2.75) is 52.5 Å². The Morgan fingerprint density at radius 2 is 1.69 bits per heavy atom. The van der Waals surface area contributed by atoms with Crippen LogP contribution in [0.3, 0.4) is 0 Å². The van der Waals surface area contributed by atoms with Crippen molar-refractivity contribution in [3.63, 3.8) is 0 Å². The number of nitrogens with zero attached hydrogens (tertiary/aromatic N) is 1. The maximum atomic E-state index is 11.5. The molecule has 3 heteroatoms. The Morgan fingerprint density at radius 3 is 2.06 bits per heavy atom. The van der Waals surface area contributed by atoms with Crippen LogP contribution < -0.4 is 5.32 Å². The molecule has 0 aromatic rings. The van der Waals surface area contributed by atoms with Gasteiger partial charge in [0.05, 0.1) is 0 Å². The third kappa shape index (κ3) is 3.13. The van der Waals surface area contributed by atoms with Crippen molar-refractivity contribution >= 4 is 6.03 Å². The van der Waals surface area contributed by atoms with Crippen molar-refractivity contribution in [3.8, 4) is 0 Å². The van der Waals surface area contributed by atoms with Gasteiger partial charge in [0.1, 0.15) is 0 Å². The first-order chi connectivity index (χ1) is 7.36. The van der Waals surface area contributed by atoms with Crippen LogP contribution in [-0.2, 0) is 0 Å². The van der Waals surface area contributed by atoms with Crippen LogP contribution in [0.2, 0.25) is 0 Å². The summed E-state index contributed by atoms with van der Waals surface area (Å²) >= 11 is 0. The van der Waals surface area contributed by atoms with Crippen LogP contribution in [0.25, 0.3) is 0 Å². The van der Waals surface area contributed by atoms with Crippen molar-refractivity contribution in [2.75, 3.05) is 14.1 Å². The summed E-state index contributed by atoms with van der Waals surface area (Å²) in [5, 5.41) is 2.69. The zero-order chi connectivity index (χ0) is 12.3. The van der Waals surface area contributed by atoms with Gasteiger partial charge in [0, 0.05) is 20.1 Å². The molecular formula is C13H26N2O. The molecule has 0 bridgehead atoms. The summed E-state index contributed by atoms with van der Waals surface area (Å²) in [6.07, 6.45) is 4.78. The summed E-state index contributed by atoms with van der Waals surface area (Å²) in [6.45, 7) is 6.96. The lowest BCUT2D eigenvalue weighted by molar-refractivity contribution is 0.120. The van der Waals surface area contributed by atoms with Crippen LogP contribution >= 0.6 is 0 Å². The van der Waals surface area contributed by atoms with Gasteiger partial charge in [-0.1, -0.05) is 20.8 Å². The molecule has 0 radical (unpaired) electrons. The fraction of sp³-hybridized carbons (Fsp3) is 0.923. The lowest BCUT2D eigenvalue weighted by Gasteiger charge is -2.39. The second-order valence-corrected chi connectivity index (χ2v) is 6.04. The smallest absolute Gasteiger partial charge is 0.317 e. The first kappa shape index (κ1) is 13.3. The van der Waals surface area contributed by atoms with E-state index in [1.54, 1.807) is 7.05 Å². The van der Waals surface area contributed by atoms with Gasteiger partial charge in [-0.3, -0.25) is 0 Å². The molecule has 94 valence electrons. The van der Waals surface area contributed by atoms with Gasteiger partial charge in [-0.2, -0.15) is 0 Å². The summed E-state index contributed by atoms with van der Waals surface area (Å²) in [4.78, 5) is 13.4. The molecule has 0 atom stereocenters. The summed E-state index contributed by atoms with van der Waals surface area (Å²) in [5.74, 6) is 0.807. The maximum Gasteiger partial charge on any atom is 0.317 e. The van der Waals surface area contributed by atoms with E-state index in [9.17, 15) is 4.79 Å². The van der Waals surface area contributed by atoms with Crippen molar-refractivity contribution in [1.29, 1.82) is 0 Å². The van der Waals surface area contributed by atoms with Gasteiger partial charge in [-0.25, -0.2) is 4.79 Å². The summed E-state index contributed by atoms with van der Waals surface area (Å²) in [7, 11) is 3.60. The van der Waals surface area contributed by atoms with Crippen molar-refractivity contribution < 1.29 is 4.79 Å². The Labute approximate surface area is 99.6 Å². The van der Waals surface area contributed by atoms with Crippen LogP contribution in [0.15, 0.2) is 0 Å². The molecule has 1 aliphatic rings. The fourth-order valence-electron chi connectivity index (χ4n) is 2.67. The molecule has 0 aromatic carbocycles. The standard InChI is InChI=1S/C13H26N2O/c1-13(2,3)10-6-8-11(9-7-10)15(5)12(16)14-4/h10-11H,6-9H2,1-5H3,(H,14,16)/t10-,11-. The van der Waals surface area contributed by atoms with Gasteiger partial charge in [0.15, 0.2) is 0 Å². The molecule has 0 unspecified atom stereocenters. The summed E-state index contributed by atoms with van der Waals surface area (Å²) in [6, 6.07) is 0.470. The lowest BCUT2D eigenvalue weighted by atomic mass is 9.71. The molecule has 3 nitrogen and oxygen atoms in total.